The van der Waals surface area contributed by atoms with Crippen LogP contribution in [0.15, 0.2) is 41.3 Å². The standard InChI is InChI=1S/C13H13ClOS2/c1-16-10-4-2-9(3-5-10)12(15)8-11-6-7-13(14)17-11/h2-7,12,15H,8H2,1H3. The lowest BCUT2D eigenvalue weighted by Crippen LogP contribution is -2.00. The smallest absolute Gasteiger partial charge is 0.0931 e. The molecule has 2 aromatic rings. The minimum absolute atomic E-state index is 0.458. The van der Waals surface area contributed by atoms with Gasteiger partial charge in [0.25, 0.3) is 0 Å². The first kappa shape index (κ1) is 13.0. The quantitative estimate of drug-likeness (QED) is 0.840. The van der Waals surface area contributed by atoms with Gasteiger partial charge in [-0.05, 0) is 36.1 Å². The maximum absolute atomic E-state index is 10.1. The van der Waals surface area contributed by atoms with Crippen molar-refractivity contribution < 1.29 is 5.11 Å². The number of benzene rings is 1. The van der Waals surface area contributed by atoms with E-state index >= 15 is 0 Å². The Hall–Kier alpha value is -0.480. The van der Waals surface area contributed by atoms with Crippen LogP contribution in [0.25, 0.3) is 0 Å². The van der Waals surface area contributed by atoms with Gasteiger partial charge in [0.1, 0.15) is 0 Å². The van der Waals surface area contributed by atoms with Crippen molar-refractivity contribution in [2.45, 2.75) is 17.4 Å². The van der Waals surface area contributed by atoms with Crippen LogP contribution in [0.3, 0.4) is 0 Å². The van der Waals surface area contributed by atoms with Crippen molar-refractivity contribution in [3.63, 3.8) is 0 Å². The van der Waals surface area contributed by atoms with Crippen molar-refractivity contribution in [3.05, 3.63) is 51.2 Å². The lowest BCUT2D eigenvalue weighted by atomic mass is 10.1. The van der Waals surface area contributed by atoms with E-state index in [2.05, 4.69) is 0 Å². The van der Waals surface area contributed by atoms with Gasteiger partial charge in [-0.25, -0.2) is 0 Å². The van der Waals surface area contributed by atoms with Crippen LogP contribution in [0.1, 0.15) is 16.5 Å². The summed E-state index contributed by atoms with van der Waals surface area (Å²) < 4.78 is 0.768. The van der Waals surface area contributed by atoms with E-state index in [0.717, 1.165) is 14.8 Å². The Bertz CT molecular complexity index is 478. The number of halogens is 1. The Morgan fingerprint density at radius 1 is 1.24 bits per heavy atom. The SMILES string of the molecule is CSc1ccc(C(O)Cc2ccc(Cl)s2)cc1. The molecule has 0 aliphatic carbocycles. The molecule has 0 radical (unpaired) electrons. The van der Waals surface area contributed by atoms with Crippen LogP contribution in [0.4, 0.5) is 0 Å². The first-order valence-corrected chi connectivity index (χ1v) is 7.67. The fourth-order valence-corrected chi connectivity index (χ4v) is 3.13. The first-order valence-electron chi connectivity index (χ1n) is 5.25. The van der Waals surface area contributed by atoms with E-state index in [1.54, 1.807) is 11.8 Å². The zero-order chi connectivity index (χ0) is 12.3. The van der Waals surface area contributed by atoms with Gasteiger partial charge in [-0.3, -0.25) is 0 Å². The largest absolute Gasteiger partial charge is 0.388 e. The normalized spacial score (nSPS) is 12.6. The predicted molar refractivity (Wildman–Crippen MR) is 76.2 cm³/mol. The zero-order valence-corrected chi connectivity index (χ0v) is 11.8. The molecule has 1 aromatic carbocycles. The zero-order valence-electron chi connectivity index (χ0n) is 9.39. The average Bonchev–Trinajstić information content (AvgIpc) is 2.75. The molecule has 1 aromatic heterocycles. The van der Waals surface area contributed by atoms with Crippen molar-refractivity contribution in [3.8, 4) is 0 Å². The maximum Gasteiger partial charge on any atom is 0.0931 e. The summed E-state index contributed by atoms with van der Waals surface area (Å²) in [5, 5.41) is 10.1. The summed E-state index contributed by atoms with van der Waals surface area (Å²) in [5.74, 6) is 0. The summed E-state index contributed by atoms with van der Waals surface area (Å²) in [6.07, 6.45) is 2.20. The molecule has 17 heavy (non-hydrogen) atoms. The fraction of sp³-hybridized carbons (Fsp3) is 0.231. The number of hydrogen-bond donors (Lipinski definition) is 1. The molecule has 1 atom stereocenters. The number of rotatable bonds is 4. The second-order valence-electron chi connectivity index (χ2n) is 3.70. The Morgan fingerprint density at radius 3 is 2.47 bits per heavy atom. The summed E-state index contributed by atoms with van der Waals surface area (Å²) in [4.78, 5) is 2.32. The van der Waals surface area contributed by atoms with Crippen molar-refractivity contribution in [2.24, 2.45) is 0 Å². The van der Waals surface area contributed by atoms with Gasteiger partial charge >= 0.3 is 0 Å². The molecule has 1 unspecified atom stereocenters. The lowest BCUT2D eigenvalue weighted by molar-refractivity contribution is 0.179. The van der Waals surface area contributed by atoms with Gasteiger partial charge in [-0.15, -0.1) is 23.1 Å². The van der Waals surface area contributed by atoms with Gasteiger partial charge in [0.05, 0.1) is 10.4 Å². The van der Waals surface area contributed by atoms with Crippen molar-refractivity contribution in [2.75, 3.05) is 6.26 Å². The highest BCUT2D eigenvalue weighted by molar-refractivity contribution is 7.98. The Balaban J connectivity index is 2.06. The molecule has 0 aliphatic rings. The molecule has 1 nitrogen and oxygen atoms in total. The monoisotopic (exact) mass is 284 g/mol. The summed E-state index contributed by atoms with van der Waals surface area (Å²) in [7, 11) is 0. The van der Waals surface area contributed by atoms with Gasteiger partial charge in [0.2, 0.25) is 0 Å². The first-order chi connectivity index (χ1) is 8.19. The summed E-state index contributed by atoms with van der Waals surface area (Å²) in [5.41, 5.74) is 0.951. The topological polar surface area (TPSA) is 20.2 Å². The Labute approximate surface area is 114 Å². The molecule has 4 heteroatoms. The number of thiophene rings is 1. The highest BCUT2D eigenvalue weighted by atomic mass is 35.5. The highest BCUT2D eigenvalue weighted by Gasteiger charge is 2.10. The fourth-order valence-electron chi connectivity index (χ4n) is 1.60. The van der Waals surface area contributed by atoms with Crippen LogP contribution in [-0.2, 0) is 6.42 Å². The molecule has 2 rings (SSSR count). The van der Waals surface area contributed by atoms with Gasteiger partial charge in [-0.1, -0.05) is 23.7 Å². The minimum Gasteiger partial charge on any atom is -0.388 e. The number of hydrogen-bond acceptors (Lipinski definition) is 3. The molecule has 90 valence electrons. The molecule has 0 saturated carbocycles. The van der Waals surface area contributed by atoms with Crippen molar-refractivity contribution in [1.82, 2.24) is 0 Å². The number of thioether (sulfide) groups is 1. The summed E-state index contributed by atoms with van der Waals surface area (Å²) >= 11 is 9.08. The van der Waals surface area contributed by atoms with Gasteiger partial charge in [-0.2, -0.15) is 0 Å². The van der Waals surface area contributed by atoms with Crippen molar-refractivity contribution >= 4 is 34.7 Å². The van der Waals surface area contributed by atoms with Gasteiger partial charge < -0.3 is 5.11 Å². The third-order valence-corrected chi connectivity index (χ3v) is 4.52. The third-order valence-electron chi connectivity index (χ3n) is 2.52. The second kappa shape index (κ2) is 5.91. The molecule has 0 fully saturated rings. The summed E-state index contributed by atoms with van der Waals surface area (Å²) in [6, 6.07) is 11.9. The van der Waals surface area contributed by atoms with Crippen LogP contribution in [-0.4, -0.2) is 11.4 Å². The van der Waals surface area contributed by atoms with Crippen LogP contribution in [0, 0.1) is 0 Å². The van der Waals surface area contributed by atoms with E-state index in [1.807, 2.05) is 42.7 Å². The molecule has 1 N–H and O–H groups in total. The number of aliphatic hydroxyl groups is 1. The molecule has 0 spiro atoms. The van der Waals surface area contributed by atoms with Crippen LogP contribution in [0.2, 0.25) is 4.34 Å². The third kappa shape index (κ3) is 3.49. The van der Waals surface area contributed by atoms with E-state index in [4.69, 9.17) is 11.6 Å². The molecule has 0 saturated heterocycles. The highest BCUT2D eigenvalue weighted by Crippen LogP contribution is 2.27. The maximum atomic E-state index is 10.1. The van der Waals surface area contributed by atoms with E-state index in [9.17, 15) is 5.11 Å². The van der Waals surface area contributed by atoms with E-state index < -0.39 is 6.10 Å². The van der Waals surface area contributed by atoms with E-state index in [1.165, 1.54) is 16.2 Å². The van der Waals surface area contributed by atoms with Crippen LogP contribution < -0.4 is 0 Å². The Morgan fingerprint density at radius 2 is 1.94 bits per heavy atom. The molecule has 0 amide bonds. The van der Waals surface area contributed by atoms with Crippen LogP contribution in [0.5, 0.6) is 0 Å². The second-order valence-corrected chi connectivity index (χ2v) is 6.38. The average molecular weight is 285 g/mol. The van der Waals surface area contributed by atoms with Gasteiger partial charge in [0.15, 0.2) is 0 Å². The molecular formula is C13H13ClOS2. The van der Waals surface area contributed by atoms with Crippen molar-refractivity contribution in [1.29, 1.82) is 0 Å². The van der Waals surface area contributed by atoms with Crippen LogP contribution >= 0.6 is 34.7 Å². The molecule has 0 aliphatic heterocycles. The van der Waals surface area contributed by atoms with Gasteiger partial charge in [0, 0.05) is 16.2 Å². The molecule has 0 bridgehead atoms. The minimum atomic E-state index is -0.458. The van der Waals surface area contributed by atoms with E-state index in [-0.39, 0.29) is 0 Å². The van der Waals surface area contributed by atoms with E-state index in [0.29, 0.717) is 6.42 Å². The predicted octanol–water partition coefficient (Wildman–Crippen LogP) is 4.40. The molecular weight excluding hydrogens is 272 g/mol. The Kier molecular flexibility index (Phi) is 4.51. The number of aliphatic hydroxyl groups excluding tert-OH is 1. The molecule has 1 heterocycles. The lowest BCUT2D eigenvalue weighted by Gasteiger charge is -2.10. The summed E-state index contributed by atoms with van der Waals surface area (Å²) in [6.45, 7) is 0.